The molecule has 1 fully saturated rings. The number of rotatable bonds is 8. The molecule has 1 rings (SSSR count). The number of ether oxygens (including phenoxy) is 1. The van der Waals surface area contributed by atoms with E-state index in [1.165, 1.54) is 45.2 Å². The Labute approximate surface area is 107 Å². The highest BCUT2D eigenvalue weighted by Crippen LogP contribution is 2.15. The minimum absolute atomic E-state index is 0.700. The van der Waals surface area contributed by atoms with Gasteiger partial charge in [0.05, 0.1) is 0 Å². The predicted molar refractivity (Wildman–Crippen MR) is 73.4 cm³/mol. The first-order chi connectivity index (χ1) is 8.26. The fourth-order valence-electron chi connectivity index (χ4n) is 2.62. The number of hydrogen-bond donors (Lipinski definition) is 1. The summed E-state index contributed by atoms with van der Waals surface area (Å²) < 4.78 is 5.40. The van der Waals surface area contributed by atoms with Crippen molar-refractivity contribution in [3.8, 4) is 0 Å². The second-order valence-electron chi connectivity index (χ2n) is 5.35. The molecule has 0 spiro atoms. The van der Waals surface area contributed by atoms with Gasteiger partial charge in [-0.1, -0.05) is 6.92 Å². The van der Waals surface area contributed by atoms with Crippen LogP contribution in [0.2, 0.25) is 0 Å². The standard InChI is InChI=1S/C14H30N2O/c1-4-14(15-2)6-5-9-16(3)12-13-7-10-17-11-8-13/h13-15H,4-12H2,1-3H3. The van der Waals surface area contributed by atoms with E-state index >= 15 is 0 Å². The minimum Gasteiger partial charge on any atom is -0.381 e. The van der Waals surface area contributed by atoms with E-state index in [2.05, 4.69) is 31.2 Å². The van der Waals surface area contributed by atoms with E-state index in [1.807, 2.05) is 0 Å². The van der Waals surface area contributed by atoms with Crippen molar-refractivity contribution in [1.82, 2.24) is 10.2 Å². The van der Waals surface area contributed by atoms with E-state index in [9.17, 15) is 0 Å². The van der Waals surface area contributed by atoms with Gasteiger partial charge in [-0.2, -0.15) is 0 Å². The molecular weight excluding hydrogens is 212 g/mol. The van der Waals surface area contributed by atoms with Gasteiger partial charge in [-0.15, -0.1) is 0 Å². The second kappa shape index (κ2) is 8.90. The fourth-order valence-corrected chi connectivity index (χ4v) is 2.62. The first kappa shape index (κ1) is 14.9. The molecule has 0 saturated carbocycles. The van der Waals surface area contributed by atoms with E-state index in [0.717, 1.165) is 19.1 Å². The van der Waals surface area contributed by atoms with Crippen LogP contribution >= 0.6 is 0 Å². The summed E-state index contributed by atoms with van der Waals surface area (Å²) >= 11 is 0. The predicted octanol–water partition coefficient (Wildman–Crippen LogP) is 2.12. The van der Waals surface area contributed by atoms with Crippen LogP contribution in [-0.4, -0.2) is 51.3 Å². The van der Waals surface area contributed by atoms with Crippen LogP contribution in [0.4, 0.5) is 0 Å². The van der Waals surface area contributed by atoms with Crippen molar-refractivity contribution in [1.29, 1.82) is 0 Å². The molecule has 1 N–H and O–H groups in total. The van der Waals surface area contributed by atoms with Gasteiger partial charge in [-0.25, -0.2) is 0 Å². The Balaban J connectivity index is 2.05. The summed E-state index contributed by atoms with van der Waals surface area (Å²) in [6, 6.07) is 0.700. The van der Waals surface area contributed by atoms with E-state index in [-0.39, 0.29) is 0 Å². The zero-order valence-corrected chi connectivity index (χ0v) is 11.9. The maximum atomic E-state index is 5.40. The summed E-state index contributed by atoms with van der Waals surface area (Å²) in [4.78, 5) is 2.50. The van der Waals surface area contributed by atoms with Crippen molar-refractivity contribution in [3.05, 3.63) is 0 Å². The van der Waals surface area contributed by atoms with Crippen LogP contribution in [-0.2, 0) is 4.74 Å². The molecule has 0 amide bonds. The zero-order chi connectivity index (χ0) is 12.5. The summed E-state index contributed by atoms with van der Waals surface area (Å²) in [5.41, 5.74) is 0. The van der Waals surface area contributed by atoms with Gasteiger partial charge >= 0.3 is 0 Å². The van der Waals surface area contributed by atoms with Gasteiger partial charge in [0.15, 0.2) is 0 Å². The van der Waals surface area contributed by atoms with E-state index in [1.54, 1.807) is 0 Å². The molecule has 3 heteroatoms. The van der Waals surface area contributed by atoms with Gasteiger partial charge in [-0.3, -0.25) is 0 Å². The Bertz CT molecular complexity index is 177. The van der Waals surface area contributed by atoms with E-state index in [0.29, 0.717) is 6.04 Å². The largest absolute Gasteiger partial charge is 0.381 e. The van der Waals surface area contributed by atoms with Crippen molar-refractivity contribution in [3.63, 3.8) is 0 Å². The summed E-state index contributed by atoms with van der Waals surface area (Å²) in [7, 11) is 4.33. The van der Waals surface area contributed by atoms with Gasteiger partial charge < -0.3 is 15.0 Å². The lowest BCUT2D eigenvalue weighted by Gasteiger charge is -2.27. The summed E-state index contributed by atoms with van der Waals surface area (Å²) in [6.07, 6.45) is 6.33. The third-order valence-electron chi connectivity index (χ3n) is 3.90. The molecule has 1 atom stereocenters. The number of hydrogen-bond acceptors (Lipinski definition) is 3. The van der Waals surface area contributed by atoms with Crippen LogP contribution in [0.5, 0.6) is 0 Å². The maximum Gasteiger partial charge on any atom is 0.0469 e. The molecule has 1 aliphatic rings. The average Bonchev–Trinajstić information content (AvgIpc) is 2.36. The van der Waals surface area contributed by atoms with Crippen molar-refractivity contribution in [2.24, 2.45) is 5.92 Å². The highest BCUT2D eigenvalue weighted by Gasteiger charge is 2.15. The molecule has 0 aromatic rings. The van der Waals surface area contributed by atoms with Crippen molar-refractivity contribution < 1.29 is 4.74 Å². The number of nitrogens with zero attached hydrogens (tertiary/aromatic N) is 1. The fraction of sp³-hybridized carbons (Fsp3) is 1.00. The highest BCUT2D eigenvalue weighted by atomic mass is 16.5. The molecule has 102 valence electrons. The molecule has 0 aliphatic carbocycles. The van der Waals surface area contributed by atoms with Crippen LogP contribution in [0.25, 0.3) is 0 Å². The molecule has 17 heavy (non-hydrogen) atoms. The van der Waals surface area contributed by atoms with Crippen LogP contribution < -0.4 is 5.32 Å². The molecule has 0 bridgehead atoms. The zero-order valence-electron chi connectivity index (χ0n) is 11.9. The molecule has 0 aromatic heterocycles. The molecular formula is C14H30N2O. The normalized spacial score (nSPS) is 19.8. The lowest BCUT2D eigenvalue weighted by atomic mass is 10.00. The Hall–Kier alpha value is -0.120. The third kappa shape index (κ3) is 6.39. The van der Waals surface area contributed by atoms with Crippen LogP contribution in [0.1, 0.15) is 39.0 Å². The Morgan fingerprint density at radius 3 is 2.65 bits per heavy atom. The highest BCUT2D eigenvalue weighted by molar-refractivity contribution is 4.68. The van der Waals surface area contributed by atoms with E-state index < -0.39 is 0 Å². The molecule has 0 aromatic carbocycles. The topological polar surface area (TPSA) is 24.5 Å². The van der Waals surface area contributed by atoms with E-state index in [4.69, 9.17) is 4.74 Å². The average molecular weight is 242 g/mol. The third-order valence-corrected chi connectivity index (χ3v) is 3.90. The van der Waals surface area contributed by atoms with Crippen molar-refractivity contribution >= 4 is 0 Å². The molecule has 1 heterocycles. The van der Waals surface area contributed by atoms with Gasteiger partial charge in [0, 0.05) is 25.8 Å². The second-order valence-corrected chi connectivity index (χ2v) is 5.35. The summed E-state index contributed by atoms with van der Waals surface area (Å²) in [5.74, 6) is 0.861. The van der Waals surface area contributed by atoms with Gasteiger partial charge in [0.1, 0.15) is 0 Å². The first-order valence-electron chi connectivity index (χ1n) is 7.19. The lowest BCUT2D eigenvalue weighted by molar-refractivity contribution is 0.0555. The van der Waals surface area contributed by atoms with Gasteiger partial charge in [0.2, 0.25) is 0 Å². The molecule has 0 radical (unpaired) electrons. The maximum absolute atomic E-state index is 5.40. The van der Waals surface area contributed by atoms with Crippen LogP contribution in [0.15, 0.2) is 0 Å². The van der Waals surface area contributed by atoms with Crippen molar-refractivity contribution in [2.45, 2.75) is 45.1 Å². The van der Waals surface area contributed by atoms with Crippen molar-refractivity contribution in [2.75, 3.05) is 40.4 Å². The lowest BCUT2D eigenvalue weighted by Crippen LogP contribution is -2.31. The first-order valence-corrected chi connectivity index (χ1v) is 7.19. The Morgan fingerprint density at radius 2 is 2.06 bits per heavy atom. The summed E-state index contributed by atoms with van der Waals surface area (Å²) in [5, 5.41) is 3.37. The van der Waals surface area contributed by atoms with Crippen LogP contribution in [0.3, 0.4) is 0 Å². The van der Waals surface area contributed by atoms with Crippen LogP contribution in [0, 0.1) is 5.92 Å². The smallest absolute Gasteiger partial charge is 0.0469 e. The quantitative estimate of drug-likeness (QED) is 0.705. The molecule has 3 nitrogen and oxygen atoms in total. The molecule has 1 aliphatic heterocycles. The molecule has 1 saturated heterocycles. The molecule has 1 unspecified atom stereocenters. The Morgan fingerprint density at radius 1 is 1.35 bits per heavy atom. The number of nitrogens with one attached hydrogen (secondary N) is 1. The monoisotopic (exact) mass is 242 g/mol. The Kier molecular flexibility index (Phi) is 7.82. The minimum atomic E-state index is 0.700. The SMILES string of the molecule is CCC(CCCN(C)CC1CCOCC1)NC. The summed E-state index contributed by atoms with van der Waals surface area (Å²) in [6.45, 7) is 6.68. The van der Waals surface area contributed by atoms with Gasteiger partial charge in [0.25, 0.3) is 0 Å². The van der Waals surface area contributed by atoms with Gasteiger partial charge in [-0.05, 0) is 58.7 Å².